The van der Waals surface area contributed by atoms with Gasteiger partial charge in [-0.2, -0.15) is 0 Å². The van der Waals surface area contributed by atoms with Gasteiger partial charge < -0.3 is 20.3 Å². The van der Waals surface area contributed by atoms with Crippen LogP contribution in [0.5, 0.6) is 5.75 Å². The minimum Gasteiger partial charge on any atom is -0.495 e. The van der Waals surface area contributed by atoms with Gasteiger partial charge in [0.05, 0.1) is 12.8 Å². The molecule has 0 bridgehead atoms. The highest BCUT2D eigenvalue weighted by atomic mass is 16.5. The van der Waals surface area contributed by atoms with Gasteiger partial charge in [-0.1, -0.05) is 29.8 Å². The lowest BCUT2D eigenvalue weighted by Crippen LogP contribution is -2.47. The van der Waals surface area contributed by atoms with E-state index in [0.717, 1.165) is 50.6 Å². The van der Waals surface area contributed by atoms with E-state index in [1.54, 1.807) is 7.11 Å². The van der Waals surface area contributed by atoms with Gasteiger partial charge >= 0.3 is 6.03 Å². The van der Waals surface area contributed by atoms with Crippen molar-refractivity contribution in [3.05, 3.63) is 54.1 Å². The van der Waals surface area contributed by atoms with E-state index in [4.69, 9.17) is 4.74 Å². The Hall–Kier alpha value is -2.73. The molecular formula is C22H30N4O2. The fourth-order valence-electron chi connectivity index (χ4n) is 3.42. The Kier molecular flexibility index (Phi) is 7.14. The first-order valence-corrected chi connectivity index (χ1v) is 9.87. The van der Waals surface area contributed by atoms with Crippen LogP contribution in [0.15, 0.2) is 48.5 Å². The van der Waals surface area contributed by atoms with Crippen LogP contribution in [0, 0.1) is 6.92 Å². The van der Waals surface area contributed by atoms with E-state index in [0.29, 0.717) is 6.54 Å². The summed E-state index contributed by atoms with van der Waals surface area (Å²) in [6.07, 6.45) is 0.940. The molecule has 0 aliphatic carbocycles. The molecule has 150 valence electrons. The summed E-state index contributed by atoms with van der Waals surface area (Å²) >= 11 is 0. The number of benzene rings is 2. The molecule has 2 aromatic rings. The first-order chi connectivity index (χ1) is 13.7. The van der Waals surface area contributed by atoms with Gasteiger partial charge in [0.2, 0.25) is 0 Å². The van der Waals surface area contributed by atoms with Crippen molar-refractivity contribution in [2.75, 3.05) is 56.6 Å². The second kappa shape index (κ2) is 9.99. The Balaban J connectivity index is 1.33. The molecule has 6 heteroatoms. The Morgan fingerprint density at radius 2 is 1.75 bits per heavy atom. The lowest BCUT2D eigenvalue weighted by atomic mass is 10.2. The van der Waals surface area contributed by atoms with Gasteiger partial charge in [0.1, 0.15) is 5.75 Å². The van der Waals surface area contributed by atoms with Crippen LogP contribution >= 0.6 is 0 Å². The van der Waals surface area contributed by atoms with Gasteiger partial charge in [-0.25, -0.2) is 4.79 Å². The zero-order valence-corrected chi connectivity index (χ0v) is 16.8. The molecule has 6 nitrogen and oxygen atoms in total. The number of nitrogens with one attached hydrogen (secondary N) is 2. The first-order valence-electron chi connectivity index (χ1n) is 9.87. The van der Waals surface area contributed by atoms with E-state index in [-0.39, 0.29) is 6.03 Å². The SMILES string of the molecule is COc1ccccc1N1CCN(CCCNC(=O)Nc2ccc(C)cc2)CC1. The summed E-state index contributed by atoms with van der Waals surface area (Å²) in [5, 5.41) is 5.79. The van der Waals surface area contributed by atoms with Gasteiger partial charge in [-0.15, -0.1) is 0 Å². The molecule has 0 unspecified atom stereocenters. The minimum absolute atomic E-state index is 0.148. The van der Waals surface area contributed by atoms with E-state index in [2.05, 4.69) is 32.6 Å². The second-order valence-electron chi connectivity index (χ2n) is 7.10. The Bertz CT molecular complexity index is 755. The van der Waals surface area contributed by atoms with Crippen LogP contribution < -0.4 is 20.3 Å². The number of nitrogens with zero attached hydrogens (tertiary/aromatic N) is 2. The van der Waals surface area contributed by atoms with Gasteiger partial charge in [-0.3, -0.25) is 4.90 Å². The summed E-state index contributed by atoms with van der Waals surface area (Å²) in [6, 6.07) is 15.8. The van der Waals surface area contributed by atoms with Gasteiger partial charge in [0.25, 0.3) is 0 Å². The third-order valence-corrected chi connectivity index (χ3v) is 5.04. The molecule has 0 saturated carbocycles. The number of carbonyl (C=O) groups excluding carboxylic acids is 1. The Morgan fingerprint density at radius 1 is 1.04 bits per heavy atom. The molecule has 0 aromatic heterocycles. The molecule has 1 aliphatic heterocycles. The highest BCUT2D eigenvalue weighted by Crippen LogP contribution is 2.28. The fourth-order valence-corrected chi connectivity index (χ4v) is 3.42. The minimum atomic E-state index is -0.148. The number of anilines is 2. The van der Waals surface area contributed by atoms with Crippen molar-refractivity contribution in [2.24, 2.45) is 0 Å². The number of hydrogen-bond acceptors (Lipinski definition) is 4. The number of para-hydroxylation sites is 2. The molecular weight excluding hydrogens is 352 g/mol. The molecule has 0 spiro atoms. The number of piperazine rings is 1. The number of aryl methyl sites for hydroxylation is 1. The average molecular weight is 383 g/mol. The summed E-state index contributed by atoms with van der Waals surface area (Å²) in [7, 11) is 1.72. The monoisotopic (exact) mass is 382 g/mol. The first kappa shape index (κ1) is 20.0. The summed E-state index contributed by atoms with van der Waals surface area (Å²) < 4.78 is 5.47. The molecule has 0 atom stereocenters. The molecule has 28 heavy (non-hydrogen) atoms. The van der Waals surface area contributed by atoms with E-state index in [1.807, 2.05) is 43.3 Å². The normalized spacial score (nSPS) is 14.6. The largest absolute Gasteiger partial charge is 0.495 e. The predicted molar refractivity (Wildman–Crippen MR) is 114 cm³/mol. The molecule has 1 fully saturated rings. The predicted octanol–water partition coefficient (Wildman–Crippen LogP) is 3.34. The van der Waals surface area contributed by atoms with Crippen LogP contribution in [0.1, 0.15) is 12.0 Å². The zero-order chi connectivity index (χ0) is 19.8. The van der Waals surface area contributed by atoms with Crippen molar-refractivity contribution >= 4 is 17.4 Å². The van der Waals surface area contributed by atoms with Crippen LogP contribution in [0.3, 0.4) is 0 Å². The van der Waals surface area contributed by atoms with E-state index in [9.17, 15) is 4.79 Å². The van der Waals surface area contributed by atoms with Crippen LogP contribution in [0.25, 0.3) is 0 Å². The van der Waals surface area contributed by atoms with E-state index in [1.165, 1.54) is 11.3 Å². The van der Waals surface area contributed by atoms with Gasteiger partial charge in [0, 0.05) is 38.4 Å². The molecule has 2 aromatic carbocycles. The summed E-state index contributed by atoms with van der Waals surface area (Å²) in [6.45, 7) is 7.71. The maximum absolute atomic E-state index is 12.0. The molecule has 1 aliphatic rings. The van der Waals surface area contributed by atoms with Crippen molar-refractivity contribution in [3.63, 3.8) is 0 Å². The number of urea groups is 1. The molecule has 2 amide bonds. The quantitative estimate of drug-likeness (QED) is 0.721. The van der Waals surface area contributed by atoms with Crippen molar-refractivity contribution in [1.29, 1.82) is 0 Å². The Labute approximate surface area is 167 Å². The number of rotatable bonds is 7. The summed E-state index contributed by atoms with van der Waals surface area (Å²) in [4.78, 5) is 16.8. The highest BCUT2D eigenvalue weighted by molar-refractivity contribution is 5.89. The highest BCUT2D eigenvalue weighted by Gasteiger charge is 2.19. The molecule has 0 radical (unpaired) electrons. The Morgan fingerprint density at radius 3 is 2.46 bits per heavy atom. The molecule has 1 saturated heterocycles. The fraction of sp³-hybridized carbons (Fsp3) is 0.409. The number of ether oxygens (including phenoxy) is 1. The number of amides is 2. The molecule has 2 N–H and O–H groups in total. The van der Waals surface area contributed by atoms with E-state index >= 15 is 0 Å². The third-order valence-electron chi connectivity index (χ3n) is 5.04. The lowest BCUT2D eigenvalue weighted by molar-refractivity contribution is 0.244. The molecule has 3 rings (SSSR count). The van der Waals surface area contributed by atoms with Gasteiger partial charge in [0.15, 0.2) is 0 Å². The standard InChI is InChI=1S/C22H30N4O2/c1-18-8-10-19(11-9-18)24-22(27)23-12-5-13-25-14-16-26(17-15-25)20-6-3-4-7-21(20)28-2/h3-4,6-11H,5,12-17H2,1-2H3,(H2,23,24,27). The summed E-state index contributed by atoms with van der Waals surface area (Å²) in [5.74, 6) is 0.930. The maximum atomic E-state index is 12.0. The van der Waals surface area contributed by atoms with Crippen molar-refractivity contribution in [3.8, 4) is 5.75 Å². The lowest BCUT2D eigenvalue weighted by Gasteiger charge is -2.36. The third kappa shape index (κ3) is 5.63. The number of carbonyl (C=O) groups is 1. The smallest absolute Gasteiger partial charge is 0.319 e. The zero-order valence-electron chi connectivity index (χ0n) is 16.8. The average Bonchev–Trinajstić information content (AvgIpc) is 2.73. The molecule has 1 heterocycles. The van der Waals surface area contributed by atoms with E-state index < -0.39 is 0 Å². The van der Waals surface area contributed by atoms with Crippen LogP contribution in [-0.4, -0.2) is 57.3 Å². The number of hydrogen-bond donors (Lipinski definition) is 2. The topological polar surface area (TPSA) is 56.8 Å². The van der Waals surface area contributed by atoms with Crippen molar-refractivity contribution < 1.29 is 9.53 Å². The van der Waals surface area contributed by atoms with Crippen LogP contribution in [0.4, 0.5) is 16.2 Å². The van der Waals surface area contributed by atoms with Crippen LogP contribution in [0.2, 0.25) is 0 Å². The van der Waals surface area contributed by atoms with Crippen LogP contribution in [-0.2, 0) is 0 Å². The van der Waals surface area contributed by atoms with Crippen molar-refractivity contribution in [2.45, 2.75) is 13.3 Å². The summed E-state index contributed by atoms with van der Waals surface area (Å²) in [5.41, 5.74) is 3.16. The van der Waals surface area contributed by atoms with Crippen molar-refractivity contribution in [1.82, 2.24) is 10.2 Å². The number of methoxy groups -OCH3 is 1. The second-order valence-corrected chi connectivity index (χ2v) is 7.10. The maximum Gasteiger partial charge on any atom is 0.319 e. The van der Waals surface area contributed by atoms with Gasteiger partial charge in [-0.05, 0) is 44.2 Å².